The Labute approximate surface area is 219 Å². The van der Waals surface area contributed by atoms with Crippen LogP contribution in [0.25, 0.3) is 22.2 Å². The second-order valence-corrected chi connectivity index (χ2v) is 10.6. The number of ether oxygens (including phenoxy) is 2. The summed E-state index contributed by atoms with van der Waals surface area (Å²) in [6.45, 7) is 7.75. The van der Waals surface area contributed by atoms with E-state index in [1.54, 1.807) is 38.5 Å². The van der Waals surface area contributed by atoms with Crippen LogP contribution in [0.1, 0.15) is 55.7 Å². The molecule has 1 aliphatic rings. The first kappa shape index (κ1) is 25.9. The Bertz CT molecular complexity index is 1520. The van der Waals surface area contributed by atoms with Gasteiger partial charge in [0.25, 0.3) is 0 Å². The summed E-state index contributed by atoms with van der Waals surface area (Å²) in [4.78, 5) is 17.3. The molecule has 3 heterocycles. The lowest BCUT2D eigenvalue weighted by Crippen LogP contribution is -2.28. The van der Waals surface area contributed by atoms with E-state index in [0.29, 0.717) is 34.5 Å². The van der Waals surface area contributed by atoms with Gasteiger partial charge >= 0.3 is 5.97 Å². The molecule has 38 heavy (non-hydrogen) atoms. The summed E-state index contributed by atoms with van der Waals surface area (Å²) in [6.07, 6.45) is 2.18. The number of pyridine rings is 1. The second kappa shape index (κ2) is 9.83. The van der Waals surface area contributed by atoms with E-state index in [4.69, 9.17) is 14.5 Å². The largest absolute Gasteiger partial charge is 0.493 e. The van der Waals surface area contributed by atoms with Crippen molar-refractivity contribution in [2.24, 2.45) is 0 Å². The van der Waals surface area contributed by atoms with Crippen LogP contribution in [-0.4, -0.2) is 32.8 Å². The number of hydrogen-bond acceptors (Lipinski definition) is 4. The zero-order valence-electron chi connectivity index (χ0n) is 21.8. The molecule has 8 heteroatoms. The maximum atomic E-state index is 14.5. The molecule has 1 N–H and O–H groups in total. The lowest BCUT2D eigenvalue weighted by molar-refractivity contribution is -0.160. The standard InChI is InChI=1S/C30H30F2N2O4/c1-17-25(27(29(35)36)38-30(2,3)4)26(19-10-11-24-18(15-19)7-6-14-37-24)20-12-13-34(28(20)33-17)16-21-22(31)8-5-9-23(21)32/h5,8-13,15,27H,6-7,14,16H2,1-4H3,(H,35,36). The van der Waals surface area contributed by atoms with Crippen LogP contribution in [0.15, 0.2) is 48.7 Å². The van der Waals surface area contributed by atoms with Crippen LogP contribution in [0.3, 0.4) is 0 Å². The van der Waals surface area contributed by atoms with Gasteiger partial charge in [0.2, 0.25) is 0 Å². The van der Waals surface area contributed by atoms with Crippen LogP contribution in [0.5, 0.6) is 5.75 Å². The van der Waals surface area contributed by atoms with E-state index in [0.717, 1.165) is 29.7 Å². The predicted molar refractivity (Wildman–Crippen MR) is 140 cm³/mol. The molecule has 1 aliphatic heterocycles. The number of fused-ring (bicyclic) bond motifs is 2. The van der Waals surface area contributed by atoms with Gasteiger partial charge in [-0.1, -0.05) is 12.1 Å². The molecule has 0 bridgehead atoms. The minimum absolute atomic E-state index is 0.0634. The van der Waals surface area contributed by atoms with E-state index >= 15 is 0 Å². The van der Waals surface area contributed by atoms with Crippen molar-refractivity contribution in [1.29, 1.82) is 0 Å². The molecule has 0 amide bonds. The van der Waals surface area contributed by atoms with Gasteiger partial charge in [0.1, 0.15) is 23.0 Å². The molecule has 2 aromatic heterocycles. The summed E-state index contributed by atoms with van der Waals surface area (Å²) >= 11 is 0. The van der Waals surface area contributed by atoms with Crippen LogP contribution in [0.2, 0.25) is 0 Å². The molecule has 6 nitrogen and oxygen atoms in total. The zero-order chi connectivity index (χ0) is 27.2. The number of benzene rings is 2. The molecule has 5 rings (SSSR count). The van der Waals surface area contributed by atoms with Crippen molar-refractivity contribution in [2.75, 3.05) is 6.61 Å². The Morgan fingerprint density at radius 2 is 1.92 bits per heavy atom. The molecule has 1 unspecified atom stereocenters. The summed E-state index contributed by atoms with van der Waals surface area (Å²) in [5, 5.41) is 10.9. The van der Waals surface area contributed by atoms with Gasteiger partial charge in [-0.05, 0) is 82.0 Å². The van der Waals surface area contributed by atoms with Gasteiger partial charge in [-0.3, -0.25) is 0 Å². The topological polar surface area (TPSA) is 73.6 Å². The molecule has 0 aliphatic carbocycles. The number of nitrogens with zero attached hydrogens (tertiary/aromatic N) is 2. The molecule has 0 radical (unpaired) electrons. The van der Waals surface area contributed by atoms with Gasteiger partial charge in [0, 0.05) is 34.0 Å². The van der Waals surface area contributed by atoms with Gasteiger partial charge in [-0.15, -0.1) is 0 Å². The second-order valence-electron chi connectivity index (χ2n) is 10.6. The van der Waals surface area contributed by atoms with Gasteiger partial charge in [0.05, 0.1) is 18.8 Å². The lowest BCUT2D eigenvalue weighted by Gasteiger charge is -2.28. The summed E-state index contributed by atoms with van der Waals surface area (Å²) in [5.41, 5.74) is 3.12. The maximum absolute atomic E-state index is 14.5. The van der Waals surface area contributed by atoms with E-state index < -0.39 is 29.3 Å². The molecule has 0 spiro atoms. The monoisotopic (exact) mass is 520 g/mol. The van der Waals surface area contributed by atoms with Crippen LogP contribution in [-0.2, 0) is 22.5 Å². The summed E-state index contributed by atoms with van der Waals surface area (Å²) in [5.74, 6) is -1.59. The number of carbonyl (C=O) groups is 1. The Morgan fingerprint density at radius 3 is 2.61 bits per heavy atom. The van der Waals surface area contributed by atoms with E-state index in [1.165, 1.54) is 18.2 Å². The quantitative estimate of drug-likeness (QED) is 0.310. The van der Waals surface area contributed by atoms with E-state index in [2.05, 4.69) is 0 Å². The van der Waals surface area contributed by atoms with E-state index in [1.807, 2.05) is 24.3 Å². The number of hydrogen-bond donors (Lipinski definition) is 1. The highest BCUT2D eigenvalue weighted by molar-refractivity contribution is 5.98. The maximum Gasteiger partial charge on any atom is 0.337 e. The average Bonchev–Trinajstić information content (AvgIpc) is 3.25. The number of aryl methyl sites for hydroxylation is 2. The molecule has 0 fully saturated rings. The summed E-state index contributed by atoms with van der Waals surface area (Å²) in [7, 11) is 0. The molecule has 4 aromatic rings. The Kier molecular flexibility index (Phi) is 6.69. The van der Waals surface area contributed by atoms with E-state index in [-0.39, 0.29) is 12.1 Å². The number of halogens is 2. The van der Waals surface area contributed by atoms with Gasteiger partial charge in [-0.2, -0.15) is 0 Å². The number of carboxylic acids is 1. The van der Waals surface area contributed by atoms with Gasteiger partial charge in [-0.25, -0.2) is 18.6 Å². The predicted octanol–water partition coefficient (Wildman–Crippen LogP) is 6.60. The lowest BCUT2D eigenvalue weighted by atomic mass is 9.90. The van der Waals surface area contributed by atoms with Gasteiger partial charge < -0.3 is 19.1 Å². The number of rotatable bonds is 6. The number of carboxylic acid groups (broad SMARTS) is 1. The highest BCUT2D eigenvalue weighted by atomic mass is 19.1. The van der Waals surface area contributed by atoms with Crippen molar-refractivity contribution in [3.05, 3.63) is 82.7 Å². The smallest absolute Gasteiger partial charge is 0.337 e. The molecule has 1 atom stereocenters. The van der Waals surface area contributed by atoms with Crippen molar-refractivity contribution in [1.82, 2.24) is 9.55 Å². The number of aliphatic carboxylic acids is 1. The van der Waals surface area contributed by atoms with Crippen molar-refractivity contribution in [2.45, 2.75) is 58.8 Å². The van der Waals surface area contributed by atoms with Crippen LogP contribution in [0.4, 0.5) is 8.78 Å². The van der Waals surface area contributed by atoms with Gasteiger partial charge in [0.15, 0.2) is 6.10 Å². The van der Waals surface area contributed by atoms with Crippen molar-refractivity contribution >= 4 is 17.0 Å². The highest BCUT2D eigenvalue weighted by Gasteiger charge is 2.33. The van der Waals surface area contributed by atoms with Crippen molar-refractivity contribution in [3.63, 3.8) is 0 Å². The Morgan fingerprint density at radius 1 is 1.18 bits per heavy atom. The molecular weight excluding hydrogens is 490 g/mol. The first-order valence-corrected chi connectivity index (χ1v) is 12.6. The van der Waals surface area contributed by atoms with Crippen molar-refractivity contribution in [3.8, 4) is 16.9 Å². The van der Waals surface area contributed by atoms with Crippen LogP contribution in [0, 0.1) is 18.6 Å². The molecular formula is C30H30F2N2O4. The van der Waals surface area contributed by atoms with E-state index in [9.17, 15) is 18.7 Å². The zero-order valence-corrected chi connectivity index (χ0v) is 21.8. The fourth-order valence-corrected chi connectivity index (χ4v) is 5.04. The molecule has 0 saturated heterocycles. The molecule has 0 saturated carbocycles. The number of aromatic nitrogens is 2. The Hall–Kier alpha value is -3.78. The van der Waals surface area contributed by atoms with Crippen molar-refractivity contribution < 1.29 is 28.2 Å². The SMILES string of the molecule is Cc1nc2c(ccn2Cc2c(F)cccc2F)c(-c2ccc3c(c2)CCCO3)c1C(OC(C)(C)C)C(=O)O. The molecule has 198 valence electrons. The van der Waals surface area contributed by atoms with Crippen LogP contribution < -0.4 is 4.74 Å². The first-order valence-electron chi connectivity index (χ1n) is 12.6. The summed E-state index contributed by atoms with van der Waals surface area (Å²) in [6, 6.07) is 11.4. The molecule has 2 aromatic carbocycles. The minimum atomic E-state index is -1.28. The fourth-order valence-electron chi connectivity index (χ4n) is 5.04. The first-order chi connectivity index (χ1) is 18.0. The fraction of sp³-hybridized carbons (Fsp3) is 0.333. The summed E-state index contributed by atoms with van der Waals surface area (Å²) < 4.78 is 42.5. The third-order valence-corrected chi connectivity index (χ3v) is 6.68. The highest BCUT2D eigenvalue weighted by Crippen LogP contribution is 2.41. The third kappa shape index (κ3) is 4.88. The Balaban J connectivity index is 1.76. The average molecular weight is 521 g/mol. The van der Waals surface area contributed by atoms with Crippen LogP contribution >= 0.6 is 0 Å². The normalized spacial score (nSPS) is 14.3. The third-order valence-electron chi connectivity index (χ3n) is 6.68. The minimum Gasteiger partial charge on any atom is -0.493 e.